The summed E-state index contributed by atoms with van der Waals surface area (Å²) in [5.41, 5.74) is 2.60. The summed E-state index contributed by atoms with van der Waals surface area (Å²) in [7, 11) is 0. The highest BCUT2D eigenvalue weighted by molar-refractivity contribution is 5.37. The summed E-state index contributed by atoms with van der Waals surface area (Å²) in [6.07, 6.45) is 7.35. The van der Waals surface area contributed by atoms with Crippen LogP contribution in [0.5, 0.6) is 0 Å². The lowest BCUT2D eigenvalue weighted by Crippen LogP contribution is -1.90. The molecule has 1 aliphatic carbocycles. The molecule has 60 valence electrons. The lowest BCUT2D eigenvalue weighted by Gasteiger charge is -1.94. The predicted octanol–water partition coefficient (Wildman–Crippen LogP) is 1.22. The summed E-state index contributed by atoms with van der Waals surface area (Å²) in [6, 6.07) is 1.95. The second kappa shape index (κ2) is 2.06. The van der Waals surface area contributed by atoms with Crippen molar-refractivity contribution in [2.45, 2.75) is 19.3 Å². The molecular weight excluding hydrogens is 150 g/mol. The van der Waals surface area contributed by atoms with Crippen LogP contribution in [0.25, 0.3) is 5.78 Å². The number of hydrogen-bond donors (Lipinski definition) is 0. The monoisotopic (exact) mass is 159 g/mol. The summed E-state index contributed by atoms with van der Waals surface area (Å²) in [5, 5.41) is 0. The fraction of sp³-hybridized carbons (Fsp3) is 0.333. The summed E-state index contributed by atoms with van der Waals surface area (Å²) >= 11 is 0. The Bertz CT molecular complexity index is 430. The van der Waals surface area contributed by atoms with Gasteiger partial charge in [0.25, 0.3) is 0 Å². The minimum Gasteiger partial charge on any atom is -0.288 e. The number of nitrogens with zero attached hydrogens (tertiary/aromatic N) is 3. The SMILES string of the molecule is c1cnc2nc3c(n2c1)CCC3. The Morgan fingerprint density at radius 2 is 2.33 bits per heavy atom. The molecule has 0 saturated heterocycles. The van der Waals surface area contributed by atoms with E-state index in [-0.39, 0.29) is 0 Å². The summed E-state index contributed by atoms with van der Waals surface area (Å²) in [4.78, 5) is 8.64. The normalized spacial score (nSPS) is 15.3. The fourth-order valence-electron chi connectivity index (χ4n) is 1.87. The number of imidazole rings is 1. The van der Waals surface area contributed by atoms with Crippen LogP contribution in [0.4, 0.5) is 0 Å². The third-order valence-electron chi connectivity index (χ3n) is 2.41. The van der Waals surface area contributed by atoms with Crippen LogP contribution in [0.2, 0.25) is 0 Å². The molecule has 0 amide bonds. The highest BCUT2D eigenvalue weighted by Crippen LogP contribution is 2.21. The Morgan fingerprint density at radius 3 is 3.33 bits per heavy atom. The molecule has 3 heteroatoms. The van der Waals surface area contributed by atoms with Crippen LogP contribution in [0, 0.1) is 0 Å². The van der Waals surface area contributed by atoms with Crippen molar-refractivity contribution in [2.24, 2.45) is 0 Å². The predicted molar refractivity (Wildman–Crippen MR) is 45.0 cm³/mol. The zero-order chi connectivity index (χ0) is 7.97. The van der Waals surface area contributed by atoms with E-state index in [2.05, 4.69) is 14.4 Å². The van der Waals surface area contributed by atoms with Crippen LogP contribution in [-0.2, 0) is 12.8 Å². The Morgan fingerprint density at radius 1 is 1.33 bits per heavy atom. The topological polar surface area (TPSA) is 30.2 Å². The molecule has 2 aromatic heterocycles. The van der Waals surface area contributed by atoms with Gasteiger partial charge in [0.1, 0.15) is 0 Å². The van der Waals surface area contributed by atoms with Crippen molar-refractivity contribution in [3.05, 3.63) is 29.8 Å². The van der Waals surface area contributed by atoms with Crippen LogP contribution in [0.3, 0.4) is 0 Å². The van der Waals surface area contributed by atoms with Crippen molar-refractivity contribution >= 4 is 5.78 Å². The van der Waals surface area contributed by atoms with Gasteiger partial charge in [0.15, 0.2) is 0 Å². The van der Waals surface area contributed by atoms with Gasteiger partial charge in [-0.25, -0.2) is 9.97 Å². The van der Waals surface area contributed by atoms with Gasteiger partial charge in [0, 0.05) is 18.1 Å². The molecule has 0 saturated carbocycles. The zero-order valence-electron chi connectivity index (χ0n) is 6.70. The zero-order valence-corrected chi connectivity index (χ0v) is 6.70. The van der Waals surface area contributed by atoms with Gasteiger partial charge in [-0.1, -0.05) is 0 Å². The molecule has 0 aromatic carbocycles. The van der Waals surface area contributed by atoms with E-state index in [1.807, 2.05) is 12.3 Å². The highest BCUT2D eigenvalue weighted by atomic mass is 15.1. The molecule has 1 aliphatic rings. The molecule has 0 unspecified atom stereocenters. The maximum absolute atomic E-state index is 4.45. The standard InChI is InChI=1S/C9H9N3/c1-3-7-8(4-1)12-6-2-5-10-9(12)11-7/h2,5-6H,1,3-4H2. The quantitative estimate of drug-likeness (QED) is 0.578. The lowest BCUT2D eigenvalue weighted by molar-refractivity contribution is 0.863. The second-order valence-corrected chi connectivity index (χ2v) is 3.15. The lowest BCUT2D eigenvalue weighted by atomic mass is 10.3. The Hall–Kier alpha value is -1.38. The molecule has 0 atom stereocenters. The van der Waals surface area contributed by atoms with Gasteiger partial charge in [-0.15, -0.1) is 0 Å². The van der Waals surface area contributed by atoms with Crippen LogP contribution in [0.15, 0.2) is 18.5 Å². The average molecular weight is 159 g/mol. The van der Waals surface area contributed by atoms with E-state index in [9.17, 15) is 0 Å². The van der Waals surface area contributed by atoms with E-state index in [0.29, 0.717) is 0 Å². The second-order valence-electron chi connectivity index (χ2n) is 3.15. The summed E-state index contributed by atoms with van der Waals surface area (Å²) in [5.74, 6) is 0.849. The molecule has 0 spiro atoms. The van der Waals surface area contributed by atoms with E-state index in [0.717, 1.165) is 18.6 Å². The van der Waals surface area contributed by atoms with Gasteiger partial charge in [0.05, 0.1) is 5.69 Å². The van der Waals surface area contributed by atoms with E-state index in [1.54, 1.807) is 6.20 Å². The first-order valence-corrected chi connectivity index (χ1v) is 4.26. The minimum atomic E-state index is 0.849. The van der Waals surface area contributed by atoms with E-state index in [1.165, 1.54) is 17.8 Å². The fourth-order valence-corrected chi connectivity index (χ4v) is 1.87. The largest absolute Gasteiger partial charge is 0.288 e. The molecule has 3 rings (SSSR count). The molecule has 0 radical (unpaired) electrons. The van der Waals surface area contributed by atoms with Gasteiger partial charge < -0.3 is 0 Å². The Kier molecular flexibility index (Phi) is 1.06. The molecule has 0 N–H and O–H groups in total. The molecule has 0 fully saturated rings. The molecule has 12 heavy (non-hydrogen) atoms. The van der Waals surface area contributed by atoms with Crippen molar-refractivity contribution in [1.82, 2.24) is 14.4 Å². The maximum atomic E-state index is 4.45. The van der Waals surface area contributed by atoms with Crippen LogP contribution in [-0.4, -0.2) is 14.4 Å². The van der Waals surface area contributed by atoms with Crippen molar-refractivity contribution in [3.63, 3.8) is 0 Å². The average Bonchev–Trinajstić information content (AvgIpc) is 2.62. The molecule has 2 heterocycles. The van der Waals surface area contributed by atoms with Crippen molar-refractivity contribution in [3.8, 4) is 0 Å². The van der Waals surface area contributed by atoms with Gasteiger partial charge in [-0.2, -0.15) is 0 Å². The van der Waals surface area contributed by atoms with Crippen LogP contribution in [0.1, 0.15) is 17.8 Å². The van der Waals surface area contributed by atoms with Gasteiger partial charge in [-0.3, -0.25) is 4.40 Å². The first kappa shape index (κ1) is 6.17. The third-order valence-corrected chi connectivity index (χ3v) is 2.41. The van der Waals surface area contributed by atoms with Crippen molar-refractivity contribution < 1.29 is 0 Å². The number of hydrogen-bond acceptors (Lipinski definition) is 2. The first-order chi connectivity index (χ1) is 5.95. The van der Waals surface area contributed by atoms with E-state index >= 15 is 0 Å². The smallest absolute Gasteiger partial charge is 0.234 e. The van der Waals surface area contributed by atoms with Crippen LogP contribution >= 0.6 is 0 Å². The maximum Gasteiger partial charge on any atom is 0.234 e. The van der Waals surface area contributed by atoms with E-state index < -0.39 is 0 Å². The molecule has 2 aromatic rings. The number of fused-ring (bicyclic) bond motifs is 3. The Labute approximate surface area is 70.1 Å². The molecular formula is C9H9N3. The van der Waals surface area contributed by atoms with Crippen LogP contribution < -0.4 is 0 Å². The van der Waals surface area contributed by atoms with Crippen molar-refractivity contribution in [2.75, 3.05) is 0 Å². The molecule has 0 aliphatic heterocycles. The molecule has 3 nitrogen and oxygen atoms in total. The van der Waals surface area contributed by atoms with Crippen molar-refractivity contribution in [1.29, 1.82) is 0 Å². The first-order valence-electron chi connectivity index (χ1n) is 4.26. The molecule has 0 bridgehead atoms. The number of rotatable bonds is 0. The Balaban J connectivity index is 2.44. The van der Waals surface area contributed by atoms with E-state index in [4.69, 9.17) is 0 Å². The van der Waals surface area contributed by atoms with Gasteiger partial charge in [0.2, 0.25) is 5.78 Å². The number of aryl methyl sites for hydroxylation is 2. The minimum absolute atomic E-state index is 0.849. The van der Waals surface area contributed by atoms with Gasteiger partial charge in [-0.05, 0) is 25.3 Å². The highest BCUT2D eigenvalue weighted by Gasteiger charge is 2.17. The summed E-state index contributed by atoms with van der Waals surface area (Å²) < 4.78 is 2.10. The van der Waals surface area contributed by atoms with Gasteiger partial charge >= 0.3 is 0 Å². The third kappa shape index (κ3) is 0.656. The number of aromatic nitrogens is 3. The summed E-state index contributed by atoms with van der Waals surface area (Å²) in [6.45, 7) is 0.